The fourth-order valence-corrected chi connectivity index (χ4v) is 2.91. The van der Waals surface area contributed by atoms with Crippen molar-refractivity contribution in [2.45, 2.75) is 20.0 Å². The molecule has 7 nitrogen and oxygen atoms in total. The van der Waals surface area contributed by atoms with E-state index in [4.69, 9.17) is 0 Å². The summed E-state index contributed by atoms with van der Waals surface area (Å²) in [5.74, 6) is 0.717. The number of benzene rings is 2. The fraction of sp³-hybridized carbons (Fsp3) is 0.238. The maximum atomic E-state index is 14.3. The van der Waals surface area contributed by atoms with E-state index in [1.54, 1.807) is 24.3 Å². The molecular weight excluding hydrogens is 373 g/mol. The number of aryl methyl sites for hydroxylation is 1. The van der Waals surface area contributed by atoms with Crippen LogP contribution in [-0.2, 0) is 13.1 Å². The van der Waals surface area contributed by atoms with Crippen LogP contribution in [0, 0.1) is 22.9 Å². The highest BCUT2D eigenvalue weighted by Gasteiger charge is 2.11. The van der Waals surface area contributed by atoms with Gasteiger partial charge in [-0.3, -0.25) is 10.1 Å². The lowest BCUT2D eigenvalue weighted by molar-refractivity contribution is -0.384. The molecule has 0 unspecified atom stereocenters. The zero-order valence-corrected chi connectivity index (χ0v) is 16.5. The van der Waals surface area contributed by atoms with Gasteiger partial charge < -0.3 is 10.2 Å². The van der Waals surface area contributed by atoms with E-state index in [0.717, 1.165) is 11.3 Å². The zero-order valence-electron chi connectivity index (χ0n) is 16.5. The van der Waals surface area contributed by atoms with Crippen molar-refractivity contribution in [3.63, 3.8) is 0 Å². The number of rotatable bonds is 7. The van der Waals surface area contributed by atoms with Gasteiger partial charge in [0.2, 0.25) is 0 Å². The Morgan fingerprint density at radius 2 is 1.93 bits per heavy atom. The number of nitro benzene ring substituents is 1. The number of hydrogen-bond acceptors (Lipinski definition) is 6. The first kappa shape index (κ1) is 20.3. The molecule has 0 fully saturated rings. The third kappa shape index (κ3) is 5.32. The van der Waals surface area contributed by atoms with E-state index in [2.05, 4.69) is 15.3 Å². The molecule has 1 heterocycles. The van der Waals surface area contributed by atoms with Crippen molar-refractivity contribution in [3.05, 3.63) is 81.3 Å². The van der Waals surface area contributed by atoms with E-state index in [0.29, 0.717) is 35.9 Å². The van der Waals surface area contributed by atoms with E-state index in [1.807, 2.05) is 32.0 Å². The quantitative estimate of drug-likeness (QED) is 0.477. The van der Waals surface area contributed by atoms with Gasteiger partial charge in [-0.1, -0.05) is 24.3 Å². The van der Waals surface area contributed by atoms with E-state index < -0.39 is 4.92 Å². The minimum absolute atomic E-state index is 0.0181. The van der Waals surface area contributed by atoms with Crippen LogP contribution in [0.5, 0.6) is 0 Å². The summed E-state index contributed by atoms with van der Waals surface area (Å²) in [6.45, 7) is 2.75. The predicted molar refractivity (Wildman–Crippen MR) is 110 cm³/mol. The Hall–Kier alpha value is -3.39. The molecule has 29 heavy (non-hydrogen) atoms. The molecule has 0 aliphatic heterocycles. The minimum atomic E-state index is -0.451. The monoisotopic (exact) mass is 395 g/mol. The van der Waals surface area contributed by atoms with Crippen LogP contribution in [0.3, 0.4) is 0 Å². The molecule has 8 heteroatoms. The van der Waals surface area contributed by atoms with Crippen molar-refractivity contribution in [2.75, 3.05) is 19.4 Å². The summed E-state index contributed by atoms with van der Waals surface area (Å²) in [5.41, 5.74) is 2.69. The molecule has 150 valence electrons. The molecule has 3 rings (SSSR count). The number of aromatic nitrogens is 2. The van der Waals surface area contributed by atoms with Crippen LogP contribution in [0.1, 0.15) is 16.8 Å². The summed E-state index contributed by atoms with van der Waals surface area (Å²) in [6.07, 6.45) is 0. The molecule has 0 aliphatic carbocycles. The van der Waals surface area contributed by atoms with Crippen molar-refractivity contribution in [2.24, 2.45) is 0 Å². The van der Waals surface area contributed by atoms with Crippen LogP contribution in [0.25, 0.3) is 11.4 Å². The number of anilines is 1. The fourth-order valence-electron chi connectivity index (χ4n) is 2.91. The standard InChI is InChI=1S/C21H22FN5O2/c1-14-9-20(23-12-15-7-8-17(13-26(2)3)19(22)10-15)25-21(24-14)16-5-4-6-18(11-16)27(28)29/h4-11H,12-13H2,1-3H3,(H,23,24,25). The first-order valence-electron chi connectivity index (χ1n) is 9.08. The van der Waals surface area contributed by atoms with Crippen molar-refractivity contribution in [1.82, 2.24) is 14.9 Å². The van der Waals surface area contributed by atoms with Crippen LogP contribution in [0.15, 0.2) is 48.5 Å². The lowest BCUT2D eigenvalue weighted by Crippen LogP contribution is -2.12. The van der Waals surface area contributed by atoms with Gasteiger partial charge in [-0.05, 0) is 32.6 Å². The first-order chi connectivity index (χ1) is 13.8. The third-order valence-corrected chi connectivity index (χ3v) is 4.25. The zero-order chi connectivity index (χ0) is 21.0. The van der Waals surface area contributed by atoms with Gasteiger partial charge in [0.05, 0.1) is 4.92 Å². The summed E-state index contributed by atoms with van der Waals surface area (Å²) in [7, 11) is 3.79. The highest BCUT2D eigenvalue weighted by atomic mass is 19.1. The normalized spacial score (nSPS) is 10.9. The molecule has 0 saturated carbocycles. The largest absolute Gasteiger partial charge is 0.366 e. The summed E-state index contributed by atoms with van der Waals surface area (Å²) in [4.78, 5) is 21.3. The third-order valence-electron chi connectivity index (χ3n) is 4.25. The molecule has 0 radical (unpaired) electrons. The molecule has 1 N–H and O–H groups in total. The van der Waals surface area contributed by atoms with Crippen molar-refractivity contribution >= 4 is 11.5 Å². The summed E-state index contributed by atoms with van der Waals surface area (Å²) in [5, 5.41) is 14.2. The minimum Gasteiger partial charge on any atom is -0.366 e. The van der Waals surface area contributed by atoms with E-state index in [-0.39, 0.29) is 11.5 Å². The number of nitro groups is 1. The maximum Gasteiger partial charge on any atom is 0.270 e. The Kier molecular flexibility index (Phi) is 6.13. The Bertz CT molecular complexity index is 1040. The Morgan fingerprint density at radius 1 is 1.14 bits per heavy atom. The molecule has 0 amide bonds. The highest BCUT2D eigenvalue weighted by molar-refractivity contribution is 5.61. The number of halogens is 1. The molecular formula is C21H22FN5O2. The van der Waals surface area contributed by atoms with Crippen molar-refractivity contribution in [3.8, 4) is 11.4 Å². The van der Waals surface area contributed by atoms with Crippen LogP contribution in [0.4, 0.5) is 15.9 Å². The second-order valence-electron chi connectivity index (χ2n) is 7.04. The smallest absolute Gasteiger partial charge is 0.270 e. The van der Waals surface area contributed by atoms with Crippen LogP contribution < -0.4 is 5.32 Å². The van der Waals surface area contributed by atoms with Crippen LogP contribution in [-0.4, -0.2) is 33.9 Å². The predicted octanol–water partition coefficient (Wildman–Crippen LogP) is 4.17. The Morgan fingerprint density at radius 3 is 2.62 bits per heavy atom. The number of hydrogen-bond donors (Lipinski definition) is 1. The topological polar surface area (TPSA) is 84.2 Å². The molecule has 0 spiro atoms. The number of nitrogens with zero attached hydrogens (tertiary/aromatic N) is 4. The molecule has 3 aromatic rings. The van der Waals surface area contributed by atoms with Gasteiger partial charge in [-0.2, -0.15) is 0 Å². The molecule has 0 saturated heterocycles. The number of non-ortho nitro benzene ring substituents is 1. The van der Waals surface area contributed by atoms with Gasteiger partial charge in [0, 0.05) is 48.1 Å². The van der Waals surface area contributed by atoms with Gasteiger partial charge in [0.15, 0.2) is 5.82 Å². The van der Waals surface area contributed by atoms with Gasteiger partial charge in [-0.15, -0.1) is 0 Å². The summed E-state index contributed by atoms with van der Waals surface area (Å²) < 4.78 is 14.3. The van der Waals surface area contributed by atoms with Gasteiger partial charge >= 0.3 is 0 Å². The van der Waals surface area contributed by atoms with E-state index in [9.17, 15) is 14.5 Å². The Balaban J connectivity index is 1.78. The van der Waals surface area contributed by atoms with Gasteiger partial charge in [0.1, 0.15) is 11.6 Å². The molecule has 1 aromatic heterocycles. The number of nitrogens with one attached hydrogen (secondary N) is 1. The second-order valence-corrected chi connectivity index (χ2v) is 7.04. The molecule has 0 aliphatic rings. The van der Waals surface area contributed by atoms with Crippen molar-refractivity contribution in [1.29, 1.82) is 0 Å². The van der Waals surface area contributed by atoms with E-state index in [1.165, 1.54) is 18.2 Å². The molecule has 0 bridgehead atoms. The SMILES string of the molecule is Cc1cc(NCc2ccc(CN(C)C)c(F)c2)nc(-c2cccc([N+](=O)[O-])c2)n1. The van der Waals surface area contributed by atoms with Crippen molar-refractivity contribution < 1.29 is 9.31 Å². The summed E-state index contributed by atoms with van der Waals surface area (Å²) in [6, 6.07) is 13.1. The van der Waals surface area contributed by atoms with Crippen LogP contribution in [0.2, 0.25) is 0 Å². The van der Waals surface area contributed by atoms with Crippen LogP contribution >= 0.6 is 0 Å². The lowest BCUT2D eigenvalue weighted by atomic mass is 10.1. The maximum absolute atomic E-state index is 14.3. The second kappa shape index (κ2) is 8.74. The van der Waals surface area contributed by atoms with Gasteiger partial charge in [-0.25, -0.2) is 14.4 Å². The average molecular weight is 395 g/mol. The Labute approximate surface area is 168 Å². The van der Waals surface area contributed by atoms with E-state index >= 15 is 0 Å². The summed E-state index contributed by atoms with van der Waals surface area (Å²) >= 11 is 0. The average Bonchev–Trinajstić information content (AvgIpc) is 2.67. The molecule has 0 atom stereocenters. The molecule has 2 aromatic carbocycles. The van der Waals surface area contributed by atoms with Gasteiger partial charge in [0.25, 0.3) is 5.69 Å². The highest BCUT2D eigenvalue weighted by Crippen LogP contribution is 2.23. The lowest BCUT2D eigenvalue weighted by Gasteiger charge is -2.12. The first-order valence-corrected chi connectivity index (χ1v) is 9.08.